The van der Waals surface area contributed by atoms with Crippen LogP contribution in [0.1, 0.15) is 6.42 Å². The van der Waals surface area contributed by atoms with Crippen LogP contribution in [0.25, 0.3) is 0 Å². The quantitative estimate of drug-likeness (QED) is 0.828. The van der Waals surface area contributed by atoms with Gasteiger partial charge in [-0.3, -0.25) is 0 Å². The number of benzene rings is 1. The molecule has 0 saturated carbocycles. The molecule has 1 aromatic rings. The van der Waals surface area contributed by atoms with Gasteiger partial charge in [0.05, 0.1) is 4.90 Å². The van der Waals surface area contributed by atoms with Gasteiger partial charge in [0.2, 0.25) is 20.0 Å². The Hall–Kier alpha value is -1.29. The Morgan fingerprint density at radius 2 is 1.91 bits per heavy atom. The van der Waals surface area contributed by atoms with Gasteiger partial charge in [-0.25, -0.2) is 25.9 Å². The van der Waals surface area contributed by atoms with Gasteiger partial charge in [0.25, 0.3) is 0 Å². The molecule has 1 unspecified atom stereocenters. The number of sulfonamides is 2. The van der Waals surface area contributed by atoms with Crippen LogP contribution in [0.15, 0.2) is 41.1 Å². The highest BCUT2D eigenvalue weighted by Crippen LogP contribution is 2.24. The first kappa shape index (κ1) is 17.1. The van der Waals surface area contributed by atoms with Crippen molar-refractivity contribution in [1.29, 1.82) is 0 Å². The van der Waals surface area contributed by atoms with Crippen molar-refractivity contribution in [2.24, 2.45) is 5.92 Å². The molecule has 1 aliphatic heterocycles. The average molecular weight is 348 g/mol. The molecule has 1 saturated heterocycles. The minimum Gasteiger partial charge on any atom is -0.211 e. The fraction of sp³-hybridized carbons (Fsp3) is 0.385. The van der Waals surface area contributed by atoms with E-state index in [1.807, 2.05) is 0 Å². The van der Waals surface area contributed by atoms with Crippen LogP contribution in [-0.2, 0) is 20.0 Å². The van der Waals surface area contributed by atoms with E-state index in [1.165, 1.54) is 16.4 Å². The van der Waals surface area contributed by atoms with Gasteiger partial charge in [-0.05, 0) is 36.6 Å². The fourth-order valence-electron chi connectivity index (χ4n) is 2.23. The second-order valence-corrected chi connectivity index (χ2v) is 8.68. The lowest BCUT2D eigenvalue weighted by Gasteiger charge is -2.16. The molecule has 1 N–H and O–H groups in total. The first-order chi connectivity index (χ1) is 10.2. The third-order valence-corrected chi connectivity index (χ3v) is 6.38. The molecule has 0 spiro atoms. The molecule has 9 heteroatoms. The lowest BCUT2D eigenvalue weighted by atomic mass is 10.1. The zero-order chi connectivity index (χ0) is 16.4. The number of nitrogens with zero attached hydrogens (tertiary/aromatic N) is 1. The maximum atomic E-state index is 12.9. The molecule has 22 heavy (non-hydrogen) atoms. The summed E-state index contributed by atoms with van der Waals surface area (Å²) in [5.74, 6) is -0.609. The zero-order valence-corrected chi connectivity index (χ0v) is 13.4. The standard InChI is InChI=1S/C13H17FN2O4S2/c1-2-21(17,18)15-9-11-7-8-16(10-11)22(19,20)13-5-3-12(14)4-6-13/h2-6,11,15H,1,7-10H2. The van der Waals surface area contributed by atoms with Crippen molar-refractivity contribution >= 4 is 20.0 Å². The van der Waals surface area contributed by atoms with Crippen LogP contribution in [0, 0.1) is 11.7 Å². The van der Waals surface area contributed by atoms with E-state index in [0.717, 1.165) is 17.5 Å². The molecule has 0 aliphatic carbocycles. The lowest BCUT2D eigenvalue weighted by molar-refractivity contribution is 0.454. The van der Waals surface area contributed by atoms with Gasteiger partial charge < -0.3 is 0 Å². The van der Waals surface area contributed by atoms with E-state index in [2.05, 4.69) is 11.3 Å². The molecule has 0 radical (unpaired) electrons. The van der Waals surface area contributed by atoms with Crippen molar-refractivity contribution in [3.63, 3.8) is 0 Å². The van der Waals surface area contributed by atoms with Crippen molar-refractivity contribution < 1.29 is 21.2 Å². The van der Waals surface area contributed by atoms with E-state index in [1.54, 1.807) is 0 Å². The fourth-order valence-corrected chi connectivity index (χ4v) is 4.35. The van der Waals surface area contributed by atoms with E-state index in [-0.39, 0.29) is 23.9 Å². The Labute approximate surface area is 129 Å². The number of nitrogens with one attached hydrogen (secondary N) is 1. The molecule has 1 aliphatic rings. The van der Waals surface area contributed by atoms with E-state index >= 15 is 0 Å². The van der Waals surface area contributed by atoms with Crippen molar-refractivity contribution in [2.75, 3.05) is 19.6 Å². The summed E-state index contributed by atoms with van der Waals surface area (Å²) in [4.78, 5) is 0.0289. The largest absolute Gasteiger partial charge is 0.243 e. The van der Waals surface area contributed by atoms with E-state index in [4.69, 9.17) is 0 Å². The maximum Gasteiger partial charge on any atom is 0.243 e. The predicted octanol–water partition coefficient (Wildman–Crippen LogP) is 0.899. The Morgan fingerprint density at radius 3 is 2.50 bits per heavy atom. The normalized spacial score (nSPS) is 20.1. The average Bonchev–Trinajstić information content (AvgIpc) is 2.95. The lowest BCUT2D eigenvalue weighted by Crippen LogP contribution is -2.32. The third-order valence-electron chi connectivity index (χ3n) is 3.49. The third kappa shape index (κ3) is 3.92. The van der Waals surface area contributed by atoms with Crippen LogP contribution in [0.4, 0.5) is 4.39 Å². The topological polar surface area (TPSA) is 83.6 Å². The van der Waals surface area contributed by atoms with Gasteiger partial charge in [-0.1, -0.05) is 6.58 Å². The van der Waals surface area contributed by atoms with Gasteiger partial charge in [-0.2, -0.15) is 4.31 Å². The molecule has 6 nitrogen and oxygen atoms in total. The molecule has 0 bridgehead atoms. The SMILES string of the molecule is C=CS(=O)(=O)NCC1CCN(S(=O)(=O)c2ccc(F)cc2)C1. The van der Waals surface area contributed by atoms with Crippen molar-refractivity contribution in [2.45, 2.75) is 11.3 Å². The van der Waals surface area contributed by atoms with Gasteiger partial charge in [0.15, 0.2) is 0 Å². The van der Waals surface area contributed by atoms with Crippen LogP contribution >= 0.6 is 0 Å². The maximum absolute atomic E-state index is 12.9. The van der Waals surface area contributed by atoms with Crippen molar-refractivity contribution in [3.8, 4) is 0 Å². The summed E-state index contributed by atoms with van der Waals surface area (Å²) < 4.78 is 63.9. The molecule has 1 heterocycles. The number of halogens is 1. The van der Waals surface area contributed by atoms with E-state index < -0.39 is 25.9 Å². The van der Waals surface area contributed by atoms with Crippen molar-refractivity contribution in [3.05, 3.63) is 42.1 Å². The Balaban J connectivity index is 2.03. The summed E-state index contributed by atoms with van der Waals surface area (Å²) in [6.07, 6.45) is 0.556. The highest BCUT2D eigenvalue weighted by atomic mass is 32.2. The van der Waals surface area contributed by atoms with Crippen LogP contribution in [0.2, 0.25) is 0 Å². The molecule has 0 aromatic heterocycles. The summed E-state index contributed by atoms with van der Waals surface area (Å²) in [6, 6.07) is 4.63. The summed E-state index contributed by atoms with van der Waals surface area (Å²) >= 11 is 0. The monoisotopic (exact) mass is 348 g/mol. The first-order valence-corrected chi connectivity index (χ1v) is 9.61. The van der Waals surface area contributed by atoms with Crippen LogP contribution in [-0.4, -0.2) is 40.8 Å². The predicted molar refractivity (Wildman–Crippen MR) is 80.4 cm³/mol. The summed E-state index contributed by atoms with van der Waals surface area (Å²) in [6.45, 7) is 3.88. The van der Waals surface area contributed by atoms with Gasteiger partial charge in [0.1, 0.15) is 5.82 Å². The number of hydrogen-bond donors (Lipinski definition) is 1. The minimum atomic E-state index is -3.68. The highest BCUT2D eigenvalue weighted by Gasteiger charge is 2.32. The molecular formula is C13H17FN2O4S2. The Kier molecular flexibility index (Phi) is 5.00. The van der Waals surface area contributed by atoms with E-state index in [9.17, 15) is 21.2 Å². The zero-order valence-electron chi connectivity index (χ0n) is 11.8. The smallest absolute Gasteiger partial charge is 0.211 e. The van der Waals surface area contributed by atoms with Crippen molar-refractivity contribution in [1.82, 2.24) is 9.03 Å². The van der Waals surface area contributed by atoms with E-state index in [0.29, 0.717) is 13.0 Å². The molecule has 2 rings (SSSR count). The molecule has 122 valence electrons. The second-order valence-electron chi connectivity index (χ2n) is 5.03. The van der Waals surface area contributed by atoms with Gasteiger partial charge in [0, 0.05) is 25.0 Å². The summed E-state index contributed by atoms with van der Waals surface area (Å²) in [5.41, 5.74) is 0. The van der Waals surface area contributed by atoms with Crippen LogP contribution < -0.4 is 4.72 Å². The minimum absolute atomic E-state index is 0.0289. The van der Waals surface area contributed by atoms with Gasteiger partial charge in [-0.15, -0.1) is 0 Å². The van der Waals surface area contributed by atoms with Gasteiger partial charge >= 0.3 is 0 Å². The number of hydrogen-bond acceptors (Lipinski definition) is 4. The Bertz CT molecular complexity index is 745. The molecule has 0 amide bonds. The second kappa shape index (κ2) is 6.45. The first-order valence-electron chi connectivity index (χ1n) is 6.62. The summed E-state index contributed by atoms with van der Waals surface area (Å²) in [5, 5.41) is 0.814. The Morgan fingerprint density at radius 1 is 1.27 bits per heavy atom. The highest BCUT2D eigenvalue weighted by molar-refractivity contribution is 7.92. The number of rotatable bonds is 6. The van der Waals surface area contributed by atoms with Crippen LogP contribution in [0.3, 0.4) is 0 Å². The van der Waals surface area contributed by atoms with Crippen LogP contribution in [0.5, 0.6) is 0 Å². The molecular weight excluding hydrogens is 331 g/mol. The molecule has 1 fully saturated rings. The molecule has 1 atom stereocenters. The summed E-state index contributed by atoms with van der Waals surface area (Å²) in [7, 11) is -7.19. The molecule has 1 aromatic carbocycles.